The van der Waals surface area contributed by atoms with Gasteiger partial charge in [0.05, 0.1) is 0 Å². The Balaban J connectivity index is 2.10. The average Bonchev–Trinajstić information content (AvgIpc) is 2.81. The van der Waals surface area contributed by atoms with E-state index in [0.717, 1.165) is 5.56 Å². The van der Waals surface area contributed by atoms with E-state index in [1.807, 2.05) is 13.0 Å². The summed E-state index contributed by atoms with van der Waals surface area (Å²) >= 11 is 1.71. The van der Waals surface area contributed by atoms with E-state index in [9.17, 15) is 10.2 Å². The molecule has 2 unspecified atom stereocenters. The molecule has 2 aromatic rings. The van der Waals surface area contributed by atoms with Crippen LogP contribution in [0.2, 0.25) is 0 Å². The summed E-state index contributed by atoms with van der Waals surface area (Å²) < 4.78 is 0. The molecule has 3 N–H and O–H groups in total. The summed E-state index contributed by atoms with van der Waals surface area (Å²) in [7, 11) is 0. The van der Waals surface area contributed by atoms with E-state index in [4.69, 9.17) is 0 Å². The van der Waals surface area contributed by atoms with Crippen LogP contribution in [0.25, 0.3) is 0 Å². The van der Waals surface area contributed by atoms with E-state index in [1.165, 1.54) is 10.9 Å². The van der Waals surface area contributed by atoms with E-state index < -0.39 is 0 Å². The van der Waals surface area contributed by atoms with Crippen LogP contribution in [0, 0.1) is 0 Å². The zero-order valence-electron chi connectivity index (χ0n) is 10.4. The van der Waals surface area contributed by atoms with Crippen LogP contribution < -0.4 is 5.32 Å². The monoisotopic (exact) mass is 263 g/mol. The van der Waals surface area contributed by atoms with Crippen molar-refractivity contribution in [3.63, 3.8) is 0 Å². The van der Waals surface area contributed by atoms with Gasteiger partial charge in [0.15, 0.2) is 0 Å². The van der Waals surface area contributed by atoms with Crippen molar-refractivity contribution in [2.45, 2.75) is 25.9 Å². The van der Waals surface area contributed by atoms with E-state index in [2.05, 4.69) is 23.7 Å². The summed E-state index contributed by atoms with van der Waals surface area (Å²) in [6.45, 7) is 4.09. The normalized spacial score (nSPS) is 14.3. The van der Waals surface area contributed by atoms with Gasteiger partial charge < -0.3 is 15.5 Å². The highest BCUT2D eigenvalue weighted by atomic mass is 32.1. The quantitative estimate of drug-likeness (QED) is 0.790. The SMILES string of the molecule is CC(NC(C)c1ccc(O)cc1O)c1cccs1. The zero-order chi connectivity index (χ0) is 13.1. The highest BCUT2D eigenvalue weighted by Crippen LogP contribution is 2.30. The number of aromatic hydroxyl groups is 2. The molecular formula is C14H17NO2S. The molecule has 3 nitrogen and oxygen atoms in total. The molecule has 4 heteroatoms. The van der Waals surface area contributed by atoms with Crippen LogP contribution in [0.15, 0.2) is 35.7 Å². The Morgan fingerprint density at radius 3 is 2.50 bits per heavy atom. The van der Waals surface area contributed by atoms with Crippen LogP contribution in [0.5, 0.6) is 11.5 Å². The molecule has 1 heterocycles. The van der Waals surface area contributed by atoms with Crippen LogP contribution in [0.4, 0.5) is 0 Å². The molecule has 0 amide bonds. The number of benzene rings is 1. The maximum absolute atomic E-state index is 9.81. The van der Waals surface area contributed by atoms with Gasteiger partial charge in [-0.15, -0.1) is 11.3 Å². The first-order valence-corrected chi connectivity index (χ1v) is 6.77. The minimum Gasteiger partial charge on any atom is -0.508 e. The molecule has 2 atom stereocenters. The van der Waals surface area contributed by atoms with Gasteiger partial charge in [-0.2, -0.15) is 0 Å². The van der Waals surface area contributed by atoms with Crippen molar-refractivity contribution in [3.05, 3.63) is 46.2 Å². The smallest absolute Gasteiger partial charge is 0.124 e. The first-order chi connectivity index (χ1) is 8.58. The van der Waals surface area contributed by atoms with Crippen molar-refractivity contribution < 1.29 is 10.2 Å². The summed E-state index contributed by atoms with van der Waals surface area (Å²) in [5.41, 5.74) is 0.788. The molecule has 0 spiro atoms. The van der Waals surface area contributed by atoms with Crippen LogP contribution in [0.1, 0.15) is 36.4 Å². The van der Waals surface area contributed by atoms with E-state index in [1.54, 1.807) is 23.5 Å². The molecule has 0 saturated carbocycles. The summed E-state index contributed by atoms with van der Waals surface area (Å²) in [5, 5.41) is 24.6. The summed E-state index contributed by atoms with van der Waals surface area (Å²) in [6.07, 6.45) is 0. The summed E-state index contributed by atoms with van der Waals surface area (Å²) in [6, 6.07) is 9.05. The van der Waals surface area contributed by atoms with Gasteiger partial charge in [-0.1, -0.05) is 12.1 Å². The molecule has 0 aliphatic rings. The molecule has 96 valence electrons. The fraction of sp³-hybridized carbons (Fsp3) is 0.286. The Hall–Kier alpha value is -1.52. The predicted molar refractivity (Wildman–Crippen MR) is 74.1 cm³/mol. The lowest BCUT2D eigenvalue weighted by molar-refractivity contribution is 0.428. The molecule has 1 aromatic heterocycles. The van der Waals surface area contributed by atoms with Crippen molar-refractivity contribution >= 4 is 11.3 Å². The molecule has 0 saturated heterocycles. The molecule has 0 aliphatic heterocycles. The van der Waals surface area contributed by atoms with Crippen molar-refractivity contribution in [2.75, 3.05) is 0 Å². The number of thiophene rings is 1. The number of hydrogen-bond acceptors (Lipinski definition) is 4. The van der Waals surface area contributed by atoms with Gasteiger partial charge in [0.2, 0.25) is 0 Å². The molecule has 0 radical (unpaired) electrons. The fourth-order valence-corrected chi connectivity index (χ4v) is 2.73. The summed E-state index contributed by atoms with van der Waals surface area (Å²) in [4.78, 5) is 1.26. The molecule has 0 aliphatic carbocycles. The third kappa shape index (κ3) is 2.83. The largest absolute Gasteiger partial charge is 0.508 e. The zero-order valence-corrected chi connectivity index (χ0v) is 11.2. The Kier molecular flexibility index (Phi) is 3.89. The molecule has 18 heavy (non-hydrogen) atoms. The molecule has 2 rings (SSSR count). The minimum atomic E-state index is 0.0164. The second-order valence-electron chi connectivity index (χ2n) is 4.37. The lowest BCUT2D eigenvalue weighted by atomic mass is 10.1. The van der Waals surface area contributed by atoms with Gasteiger partial charge in [0.25, 0.3) is 0 Å². The van der Waals surface area contributed by atoms with E-state index in [0.29, 0.717) is 0 Å². The van der Waals surface area contributed by atoms with Gasteiger partial charge in [-0.25, -0.2) is 0 Å². The second kappa shape index (κ2) is 5.42. The highest BCUT2D eigenvalue weighted by molar-refractivity contribution is 7.10. The predicted octanol–water partition coefficient (Wildman–Crippen LogP) is 3.57. The maximum atomic E-state index is 9.81. The van der Waals surface area contributed by atoms with Crippen molar-refractivity contribution in [2.24, 2.45) is 0 Å². The van der Waals surface area contributed by atoms with Crippen LogP contribution in [0.3, 0.4) is 0 Å². The number of hydrogen-bond donors (Lipinski definition) is 3. The van der Waals surface area contributed by atoms with Gasteiger partial charge in [-0.05, 0) is 31.4 Å². The first kappa shape index (κ1) is 12.9. The second-order valence-corrected chi connectivity index (χ2v) is 5.35. The van der Waals surface area contributed by atoms with Crippen LogP contribution in [-0.2, 0) is 0 Å². The Bertz CT molecular complexity index is 511. The van der Waals surface area contributed by atoms with Crippen LogP contribution >= 0.6 is 11.3 Å². The lowest BCUT2D eigenvalue weighted by Crippen LogP contribution is -2.21. The minimum absolute atomic E-state index is 0.0164. The van der Waals surface area contributed by atoms with Crippen LogP contribution in [-0.4, -0.2) is 10.2 Å². The number of phenols is 2. The molecule has 0 fully saturated rings. The molecule has 0 bridgehead atoms. The van der Waals surface area contributed by atoms with Crippen molar-refractivity contribution in [1.29, 1.82) is 0 Å². The molecule has 1 aromatic carbocycles. The average molecular weight is 263 g/mol. The van der Waals surface area contributed by atoms with Crippen molar-refractivity contribution in [3.8, 4) is 11.5 Å². The van der Waals surface area contributed by atoms with Gasteiger partial charge in [-0.3, -0.25) is 0 Å². The lowest BCUT2D eigenvalue weighted by Gasteiger charge is -2.20. The van der Waals surface area contributed by atoms with E-state index in [-0.39, 0.29) is 23.6 Å². The van der Waals surface area contributed by atoms with Crippen molar-refractivity contribution in [1.82, 2.24) is 5.32 Å². The number of phenolic OH excluding ortho intramolecular Hbond substituents is 2. The molecular weight excluding hydrogens is 246 g/mol. The number of rotatable bonds is 4. The van der Waals surface area contributed by atoms with Gasteiger partial charge >= 0.3 is 0 Å². The highest BCUT2D eigenvalue weighted by Gasteiger charge is 2.14. The first-order valence-electron chi connectivity index (χ1n) is 5.89. The Morgan fingerprint density at radius 2 is 1.89 bits per heavy atom. The third-order valence-electron chi connectivity index (χ3n) is 2.95. The topological polar surface area (TPSA) is 52.5 Å². The standard InChI is InChI=1S/C14H17NO2S/c1-9(12-6-5-11(16)8-13(12)17)15-10(2)14-4-3-7-18-14/h3-10,15-17H,1-2H3. The van der Waals surface area contributed by atoms with Gasteiger partial charge in [0, 0.05) is 28.6 Å². The third-order valence-corrected chi connectivity index (χ3v) is 4.01. The van der Waals surface area contributed by atoms with E-state index >= 15 is 0 Å². The number of nitrogens with one attached hydrogen (secondary N) is 1. The Morgan fingerprint density at radius 1 is 1.11 bits per heavy atom. The maximum Gasteiger partial charge on any atom is 0.124 e. The van der Waals surface area contributed by atoms with Gasteiger partial charge in [0.1, 0.15) is 11.5 Å². The fourth-order valence-electron chi connectivity index (χ4n) is 1.98. The summed E-state index contributed by atoms with van der Waals surface area (Å²) in [5.74, 6) is 0.197. The Labute approximate surface area is 111 Å².